The predicted octanol–water partition coefficient (Wildman–Crippen LogP) is 11.6. The Morgan fingerprint density at radius 3 is 0.971 bits per heavy atom. The molecule has 104 heavy (non-hydrogen) atoms. The van der Waals surface area contributed by atoms with Gasteiger partial charge in [0.2, 0.25) is 0 Å². The first-order valence-corrected chi connectivity index (χ1v) is 38.0. The van der Waals surface area contributed by atoms with E-state index < -0.39 is 149 Å². The lowest BCUT2D eigenvalue weighted by Crippen LogP contribution is -2.66. The van der Waals surface area contributed by atoms with Crippen LogP contribution in [0.15, 0.2) is 243 Å². The first kappa shape index (κ1) is 75.6. The molecule has 8 aromatic rings. The van der Waals surface area contributed by atoms with Gasteiger partial charge in [-0.15, -0.1) is 0 Å². The number of benzene rings is 8. The molecule has 23 heteroatoms. The highest BCUT2D eigenvalue weighted by molar-refractivity contribution is 6.76. The third-order valence-corrected chi connectivity index (χ3v) is 19.2. The lowest BCUT2D eigenvalue weighted by Gasteiger charge is -2.48. The summed E-state index contributed by atoms with van der Waals surface area (Å²) in [5.41, 5.74) is 2.83. The van der Waals surface area contributed by atoms with Crippen LogP contribution in [-0.2, 0) is 100 Å². The van der Waals surface area contributed by atoms with Crippen LogP contribution in [0.25, 0.3) is 0 Å². The molecule has 0 amide bonds. The Hall–Kier alpha value is -9.60. The number of carbonyl (C=O) groups excluding carboxylic acids is 6. The van der Waals surface area contributed by atoms with Crippen LogP contribution in [-0.4, -0.2) is 170 Å². The molecule has 0 spiro atoms. The van der Waals surface area contributed by atoms with Gasteiger partial charge in [-0.3, -0.25) is 0 Å². The molecule has 3 fully saturated rings. The van der Waals surface area contributed by atoms with E-state index in [0.29, 0.717) is 0 Å². The maximum Gasteiger partial charge on any atom is 0.338 e. The van der Waals surface area contributed by atoms with E-state index in [9.17, 15) is 28.8 Å². The van der Waals surface area contributed by atoms with Crippen LogP contribution >= 0.6 is 0 Å². The molecule has 22 nitrogen and oxygen atoms in total. The van der Waals surface area contributed by atoms with Gasteiger partial charge >= 0.3 is 35.8 Å². The first-order chi connectivity index (χ1) is 50.6. The number of hydrogen-bond acceptors (Lipinski definition) is 22. The van der Waals surface area contributed by atoms with E-state index in [0.717, 1.165) is 29.8 Å². The number of ether oxygens (including phenoxy) is 16. The van der Waals surface area contributed by atoms with Gasteiger partial charge in [0.25, 0.3) is 0 Å². The maximum atomic E-state index is 15.0. The average molecular weight is 1440 g/mol. The van der Waals surface area contributed by atoms with Crippen molar-refractivity contribution in [3.63, 3.8) is 0 Å². The minimum Gasteiger partial charge on any atom is -0.467 e. The van der Waals surface area contributed by atoms with Crippen molar-refractivity contribution < 1.29 is 105 Å². The number of esters is 6. The largest absolute Gasteiger partial charge is 0.467 e. The Morgan fingerprint density at radius 2 is 0.615 bits per heavy atom. The van der Waals surface area contributed by atoms with Crippen molar-refractivity contribution in [3.8, 4) is 0 Å². The van der Waals surface area contributed by atoms with Crippen molar-refractivity contribution in [2.45, 2.75) is 138 Å². The van der Waals surface area contributed by atoms with Crippen molar-refractivity contribution in [2.75, 3.05) is 34.0 Å². The predicted molar refractivity (Wildman–Crippen MR) is 378 cm³/mol. The van der Waals surface area contributed by atoms with Crippen LogP contribution in [0.2, 0.25) is 25.7 Å². The highest BCUT2D eigenvalue weighted by Gasteiger charge is 2.58. The van der Waals surface area contributed by atoms with E-state index in [1.54, 1.807) is 91.0 Å². The summed E-state index contributed by atoms with van der Waals surface area (Å²) in [5.74, 6) is -5.70. The van der Waals surface area contributed by atoms with Crippen LogP contribution in [0.4, 0.5) is 0 Å². The second-order valence-corrected chi connectivity index (χ2v) is 31.7. The molecular weight excluding hydrogens is 1350 g/mol. The molecular formula is C81H84O22Si. The maximum absolute atomic E-state index is 15.0. The zero-order valence-electron chi connectivity index (χ0n) is 58.2. The monoisotopic (exact) mass is 1440 g/mol. The summed E-state index contributed by atoms with van der Waals surface area (Å²) in [4.78, 5) is 87.4. The summed E-state index contributed by atoms with van der Waals surface area (Å²) in [6, 6.07) is 69.1. The minimum absolute atomic E-state index is 0.0432. The van der Waals surface area contributed by atoms with Crippen LogP contribution in [0.5, 0.6) is 0 Å². The smallest absolute Gasteiger partial charge is 0.338 e. The molecule has 15 atom stereocenters. The topological polar surface area (TPSA) is 250 Å². The SMILES string of the molecule is COC(=O)[C@H]1O[C@H](OC[C@H]2O[C@@H](OC[C@H]3O[C@@H](OCC[Si](C)(C)C)[C@H](OCc4ccccc4)[C@@H](OCc4ccccc4)[C@H]3OCc3ccccc3)[C@H](OC(=O)c3ccccc3)[C@@H](OC(=O)c3ccccc3)[C@H]2OC(=O)c2ccccc2)[C@H](OC(=O)c2ccccc2)[C@@H](OC(=O)c2ccccc2)[C@@H]1OC. The molecule has 0 aliphatic carbocycles. The summed E-state index contributed by atoms with van der Waals surface area (Å²) in [6.07, 6.45) is -23.0. The van der Waals surface area contributed by atoms with Gasteiger partial charge < -0.3 is 75.8 Å². The summed E-state index contributed by atoms with van der Waals surface area (Å²) in [5, 5.41) is 0. The molecule has 0 N–H and O–H groups in total. The van der Waals surface area contributed by atoms with Gasteiger partial charge in [0.05, 0.1) is 68.0 Å². The van der Waals surface area contributed by atoms with Crippen LogP contribution in [0.1, 0.15) is 68.5 Å². The molecule has 3 aliphatic heterocycles. The van der Waals surface area contributed by atoms with Crippen molar-refractivity contribution in [3.05, 3.63) is 287 Å². The fourth-order valence-corrected chi connectivity index (χ4v) is 12.8. The second kappa shape index (κ2) is 37.2. The van der Waals surface area contributed by atoms with Crippen LogP contribution < -0.4 is 0 Å². The van der Waals surface area contributed by atoms with E-state index in [4.69, 9.17) is 75.8 Å². The molecule has 3 saturated heterocycles. The summed E-state index contributed by atoms with van der Waals surface area (Å²) < 4.78 is 105. The van der Waals surface area contributed by atoms with Crippen molar-refractivity contribution in [1.29, 1.82) is 0 Å². The van der Waals surface area contributed by atoms with Gasteiger partial charge in [-0.25, -0.2) is 28.8 Å². The Balaban J connectivity index is 1.03. The molecule has 3 aliphatic rings. The quantitative estimate of drug-likeness (QED) is 0.0222. The third-order valence-electron chi connectivity index (χ3n) is 17.5. The third kappa shape index (κ3) is 20.4. The van der Waals surface area contributed by atoms with E-state index in [2.05, 4.69) is 19.6 Å². The van der Waals surface area contributed by atoms with Crippen molar-refractivity contribution in [2.24, 2.45) is 0 Å². The summed E-state index contributed by atoms with van der Waals surface area (Å²) in [7, 11) is 0.586. The molecule has 8 aromatic carbocycles. The lowest BCUT2D eigenvalue weighted by atomic mass is 9.96. The van der Waals surface area contributed by atoms with Crippen molar-refractivity contribution in [1.82, 2.24) is 0 Å². The molecule has 11 rings (SSSR count). The second-order valence-electron chi connectivity index (χ2n) is 26.0. The minimum atomic E-state index is -1.92. The Labute approximate surface area is 604 Å². The zero-order valence-corrected chi connectivity index (χ0v) is 59.2. The van der Waals surface area contributed by atoms with E-state index in [1.165, 1.54) is 67.8 Å². The number of hydrogen-bond donors (Lipinski definition) is 0. The number of methoxy groups -OCH3 is 2. The molecule has 0 unspecified atom stereocenters. The fourth-order valence-electron chi connectivity index (χ4n) is 12.0. The number of carbonyl (C=O) groups is 6. The summed E-state index contributed by atoms with van der Waals surface area (Å²) in [6.45, 7) is 5.97. The van der Waals surface area contributed by atoms with Gasteiger partial charge in [-0.2, -0.15) is 0 Å². The molecule has 544 valence electrons. The summed E-state index contributed by atoms with van der Waals surface area (Å²) >= 11 is 0. The molecule has 3 heterocycles. The van der Waals surface area contributed by atoms with Gasteiger partial charge in [0.1, 0.15) is 36.6 Å². The normalized spacial score (nSPS) is 24.6. The first-order valence-electron chi connectivity index (χ1n) is 34.3. The average Bonchev–Trinajstić information content (AvgIpc) is 0.777. The Bertz CT molecular complexity index is 3990. The van der Waals surface area contributed by atoms with Crippen LogP contribution in [0.3, 0.4) is 0 Å². The molecule has 0 aromatic heterocycles. The van der Waals surface area contributed by atoms with Gasteiger partial charge in [-0.1, -0.05) is 202 Å². The number of rotatable bonds is 31. The van der Waals surface area contributed by atoms with Gasteiger partial charge in [0.15, 0.2) is 55.5 Å². The fraction of sp³-hybridized carbons (Fsp3) is 0.333. The van der Waals surface area contributed by atoms with Gasteiger partial charge in [-0.05, 0) is 83.4 Å². The highest BCUT2D eigenvalue weighted by Crippen LogP contribution is 2.38. The Morgan fingerprint density at radius 1 is 0.317 bits per heavy atom. The van der Waals surface area contributed by atoms with E-state index in [1.807, 2.05) is 91.0 Å². The standard InChI is InChI=1S/C81H84O22Si/c1-88-65-68(100-75(84)58-40-24-11-25-41-58)72(102-77(86)60-44-28-13-29-45-60)81(103-69(65)78(87)89-2)95-52-62-64(98-73(82)56-36-20-9-21-37-56)67(99-74(83)57-38-22-10-23-39-57)71(101-76(85)59-42-26-12-27-43-59)80(97-62)94-51-61-63(91-48-53-30-14-6-15-31-53)66(92-49-54-32-16-7-17-33-54)70(93-50-55-34-18-8-19-35-55)79(96-61)90-46-47-104(3,4)5/h6-45,61-72,79-81H,46-52H2,1-5H3/t61-,62-,63+,64+,65+,66+,67+,68+,69+,70-,71-,72-,79-,80-,81+/m1/s1. The Kier molecular flexibility index (Phi) is 27.0. The lowest BCUT2D eigenvalue weighted by molar-refractivity contribution is -0.348. The molecule has 0 radical (unpaired) electrons. The van der Waals surface area contributed by atoms with Crippen molar-refractivity contribution >= 4 is 43.9 Å². The highest BCUT2D eigenvalue weighted by atomic mass is 28.3. The zero-order chi connectivity index (χ0) is 72.8. The van der Waals surface area contributed by atoms with Gasteiger partial charge in [0, 0.05) is 21.8 Å². The molecule has 0 bridgehead atoms. The van der Waals surface area contributed by atoms with E-state index >= 15 is 0 Å². The van der Waals surface area contributed by atoms with E-state index in [-0.39, 0.29) is 54.2 Å². The molecule has 0 saturated carbocycles. The van der Waals surface area contributed by atoms with Crippen LogP contribution in [0, 0.1) is 0 Å².